The Hall–Kier alpha value is -1.62. The number of amides is 2. The van der Waals surface area contributed by atoms with E-state index in [2.05, 4.69) is 16.0 Å². The van der Waals surface area contributed by atoms with E-state index >= 15 is 0 Å². The normalized spacial score (nSPS) is 24.5. The summed E-state index contributed by atoms with van der Waals surface area (Å²) in [4.78, 5) is 22.4. The first-order valence-electron chi connectivity index (χ1n) is 6.38. The molecule has 5 heteroatoms. The van der Waals surface area contributed by atoms with Crippen molar-refractivity contribution in [3.8, 4) is 0 Å². The first-order valence-corrected chi connectivity index (χ1v) is 6.38. The summed E-state index contributed by atoms with van der Waals surface area (Å²) < 4.78 is 0. The number of hydrogen-bond acceptors (Lipinski definition) is 3. The summed E-state index contributed by atoms with van der Waals surface area (Å²) in [6.07, 6.45) is 1.83. The molecule has 5 nitrogen and oxygen atoms in total. The number of rotatable bonds is 2. The molecule has 1 atom stereocenters. The second-order valence-electron chi connectivity index (χ2n) is 5.07. The maximum absolute atomic E-state index is 11.8. The molecule has 1 aromatic heterocycles. The molecule has 2 aliphatic rings. The van der Waals surface area contributed by atoms with Gasteiger partial charge < -0.3 is 9.80 Å². The quantitative estimate of drug-likeness (QED) is 0.768. The summed E-state index contributed by atoms with van der Waals surface area (Å²) >= 11 is 0. The number of likely N-dealkylation sites (N-methyl/N-ethyl adjacent to an activating group) is 1. The Labute approximate surface area is 107 Å². The van der Waals surface area contributed by atoms with Crippen LogP contribution in [0.1, 0.15) is 5.69 Å². The van der Waals surface area contributed by atoms with Gasteiger partial charge in [0.1, 0.15) is 0 Å². The van der Waals surface area contributed by atoms with Gasteiger partial charge in [-0.2, -0.15) is 0 Å². The van der Waals surface area contributed by atoms with Crippen LogP contribution in [0, 0.1) is 0 Å². The lowest BCUT2D eigenvalue weighted by atomic mass is 10.2. The number of carbonyl (C=O) groups is 1. The van der Waals surface area contributed by atoms with E-state index in [-0.39, 0.29) is 6.03 Å². The molecular weight excluding hydrogens is 228 g/mol. The predicted octanol–water partition coefficient (Wildman–Crippen LogP) is 0.633. The highest BCUT2D eigenvalue weighted by atomic mass is 16.2. The lowest BCUT2D eigenvalue weighted by Crippen LogP contribution is -2.51. The molecule has 0 aromatic carbocycles. The Balaban J connectivity index is 1.63. The minimum Gasteiger partial charge on any atom is -0.326 e. The molecular formula is C13H18N4O. The predicted molar refractivity (Wildman–Crippen MR) is 68.0 cm³/mol. The van der Waals surface area contributed by atoms with E-state index in [1.807, 2.05) is 35.2 Å². The van der Waals surface area contributed by atoms with Crippen LogP contribution in [0.4, 0.5) is 4.79 Å². The van der Waals surface area contributed by atoms with Gasteiger partial charge in [-0.25, -0.2) is 4.79 Å². The van der Waals surface area contributed by atoms with Crippen LogP contribution in [-0.4, -0.2) is 65.0 Å². The van der Waals surface area contributed by atoms with E-state index < -0.39 is 0 Å². The molecule has 0 saturated carbocycles. The van der Waals surface area contributed by atoms with Crippen LogP contribution in [0.5, 0.6) is 0 Å². The Morgan fingerprint density at radius 1 is 1.33 bits per heavy atom. The van der Waals surface area contributed by atoms with E-state index in [4.69, 9.17) is 0 Å². The highest BCUT2D eigenvalue weighted by molar-refractivity contribution is 5.77. The van der Waals surface area contributed by atoms with Gasteiger partial charge in [0.05, 0.1) is 11.7 Å². The summed E-state index contributed by atoms with van der Waals surface area (Å²) in [5, 5.41) is 0. The largest absolute Gasteiger partial charge is 0.326 e. The van der Waals surface area contributed by atoms with Gasteiger partial charge in [-0.15, -0.1) is 0 Å². The molecule has 3 rings (SSSR count). The molecule has 1 aromatic rings. The van der Waals surface area contributed by atoms with Gasteiger partial charge in [0.15, 0.2) is 0 Å². The smallest absolute Gasteiger partial charge is 0.320 e. The average Bonchev–Trinajstić information content (AvgIpc) is 2.66. The third-order valence-electron chi connectivity index (χ3n) is 3.74. The van der Waals surface area contributed by atoms with Gasteiger partial charge in [-0.05, 0) is 12.1 Å². The van der Waals surface area contributed by atoms with Crippen molar-refractivity contribution in [1.29, 1.82) is 0 Å². The second kappa shape index (κ2) is 4.57. The lowest BCUT2D eigenvalue weighted by molar-refractivity contribution is 0.115. The van der Waals surface area contributed by atoms with Crippen molar-refractivity contribution in [3.05, 3.63) is 30.1 Å². The fourth-order valence-corrected chi connectivity index (χ4v) is 2.81. The number of urea groups is 1. The molecule has 2 fully saturated rings. The topological polar surface area (TPSA) is 39.7 Å². The molecule has 2 aliphatic heterocycles. The fourth-order valence-electron chi connectivity index (χ4n) is 2.81. The maximum Gasteiger partial charge on any atom is 0.320 e. The van der Waals surface area contributed by atoms with Crippen molar-refractivity contribution >= 4 is 6.03 Å². The molecule has 0 N–H and O–H groups in total. The van der Waals surface area contributed by atoms with E-state index in [1.165, 1.54) is 0 Å². The van der Waals surface area contributed by atoms with Crippen molar-refractivity contribution in [1.82, 2.24) is 19.7 Å². The van der Waals surface area contributed by atoms with Crippen LogP contribution < -0.4 is 0 Å². The number of fused-ring (bicyclic) bond motifs is 1. The molecule has 96 valence electrons. The Morgan fingerprint density at radius 3 is 3.00 bits per heavy atom. The summed E-state index contributed by atoms with van der Waals surface area (Å²) in [7, 11) is 1.88. The molecule has 0 unspecified atom stereocenters. The highest BCUT2D eigenvalue weighted by Gasteiger charge is 2.38. The number of carbonyl (C=O) groups excluding carboxylic acids is 1. The number of pyridine rings is 1. The molecule has 3 heterocycles. The molecule has 18 heavy (non-hydrogen) atoms. The fraction of sp³-hybridized carbons (Fsp3) is 0.538. The zero-order chi connectivity index (χ0) is 12.5. The first-order chi connectivity index (χ1) is 8.74. The number of hydrogen-bond donors (Lipinski definition) is 0. The molecule has 0 spiro atoms. The van der Waals surface area contributed by atoms with Crippen LogP contribution >= 0.6 is 0 Å². The zero-order valence-corrected chi connectivity index (χ0v) is 10.6. The van der Waals surface area contributed by atoms with Crippen molar-refractivity contribution in [2.24, 2.45) is 0 Å². The minimum atomic E-state index is 0.178. The third-order valence-corrected chi connectivity index (χ3v) is 3.74. The van der Waals surface area contributed by atoms with Gasteiger partial charge >= 0.3 is 6.03 Å². The molecule has 0 radical (unpaired) electrons. The first kappa shape index (κ1) is 11.5. The monoisotopic (exact) mass is 246 g/mol. The van der Waals surface area contributed by atoms with Gasteiger partial charge in [-0.3, -0.25) is 9.88 Å². The Morgan fingerprint density at radius 2 is 2.22 bits per heavy atom. The number of piperazine rings is 1. The summed E-state index contributed by atoms with van der Waals surface area (Å²) in [6, 6.07) is 6.54. The van der Waals surface area contributed by atoms with Crippen molar-refractivity contribution in [2.45, 2.75) is 12.6 Å². The lowest BCUT2D eigenvalue weighted by Gasteiger charge is -2.36. The minimum absolute atomic E-state index is 0.178. The molecule has 0 bridgehead atoms. The van der Waals surface area contributed by atoms with E-state index in [0.29, 0.717) is 6.04 Å². The highest BCUT2D eigenvalue weighted by Crippen LogP contribution is 2.20. The standard InChI is InChI=1S/C13H18N4O/c1-15-9-12-10-16(6-7-17(12)13(15)18)8-11-4-2-3-5-14-11/h2-5,12H,6-10H2,1H3/t12-/m0/s1. The van der Waals surface area contributed by atoms with Crippen molar-refractivity contribution in [3.63, 3.8) is 0 Å². The summed E-state index contributed by atoms with van der Waals surface area (Å²) in [5.41, 5.74) is 1.10. The van der Waals surface area contributed by atoms with Crippen LogP contribution in [0.2, 0.25) is 0 Å². The van der Waals surface area contributed by atoms with E-state index in [0.717, 1.165) is 38.4 Å². The zero-order valence-electron chi connectivity index (χ0n) is 10.6. The Kier molecular flexibility index (Phi) is 2.91. The van der Waals surface area contributed by atoms with Gasteiger partial charge in [0, 0.05) is 46.0 Å². The maximum atomic E-state index is 11.8. The van der Waals surface area contributed by atoms with Gasteiger partial charge in [-0.1, -0.05) is 6.07 Å². The molecule has 2 saturated heterocycles. The van der Waals surface area contributed by atoms with E-state index in [1.54, 1.807) is 0 Å². The van der Waals surface area contributed by atoms with E-state index in [9.17, 15) is 4.79 Å². The third kappa shape index (κ3) is 2.06. The second-order valence-corrected chi connectivity index (χ2v) is 5.07. The summed E-state index contributed by atoms with van der Waals surface area (Å²) in [5.74, 6) is 0. The van der Waals surface area contributed by atoms with Crippen LogP contribution in [-0.2, 0) is 6.54 Å². The SMILES string of the molecule is CN1C[C@H]2CN(Cc3ccccn3)CCN2C1=O. The Bertz CT molecular complexity index is 436. The molecule has 2 amide bonds. The van der Waals surface area contributed by atoms with Crippen LogP contribution in [0.25, 0.3) is 0 Å². The number of aromatic nitrogens is 1. The molecule has 0 aliphatic carbocycles. The van der Waals surface area contributed by atoms with Gasteiger partial charge in [0.2, 0.25) is 0 Å². The van der Waals surface area contributed by atoms with Crippen molar-refractivity contribution in [2.75, 3.05) is 33.2 Å². The van der Waals surface area contributed by atoms with Gasteiger partial charge in [0.25, 0.3) is 0 Å². The van der Waals surface area contributed by atoms with Crippen molar-refractivity contribution < 1.29 is 4.79 Å². The van der Waals surface area contributed by atoms with Crippen LogP contribution in [0.3, 0.4) is 0 Å². The number of nitrogens with zero attached hydrogens (tertiary/aromatic N) is 4. The van der Waals surface area contributed by atoms with Crippen LogP contribution in [0.15, 0.2) is 24.4 Å². The summed E-state index contributed by atoms with van der Waals surface area (Å²) in [6.45, 7) is 4.45. The average molecular weight is 246 g/mol.